The first-order chi connectivity index (χ1) is 23.3. The lowest BCUT2D eigenvalue weighted by Crippen LogP contribution is -2.54. The van der Waals surface area contributed by atoms with Gasteiger partial charge in [-0.05, 0) is 98.2 Å². The molecule has 3 saturated carbocycles. The topological polar surface area (TPSA) is 153 Å². The second-order valence-electron chi connectivity index (χ2n) is 15.6. The van der Waals surface area contributed by atoms with Crippen LogP contribution in [0.2, 0.25) is 0 Å². The average Bonchev–Trinajstić information content (AvgIpc) is 3.60. The van der Waals surface area contributed by atoms with Gasteiger partial charge in [-0.2, -0.15) is 0 Å². The van der Waals surface area contributed by atoms with Gasteiger partial charge in [0.15, 0.2) is 6.61 Å². The van der Waals surface area contributed by atoms with Crippen molar-refractivity contribution in [3.63, 3.8) is 0 Å². The summed E-state index contributed by atoms with van der Waals surface area (Å²) in [5.41, 5.74) is 2.70. The number of nitrogens with one attached hydrogen (secondary N) is 3. The smallest absolute Gasteiger partial charge is 0.326 e. The number of fused-ring (bicyclic) bond motifs is 6. The van der Waals surface area contributed by atoms with Crippen LogP contribution in [0.25, 0.3) is 10.9 Å². The van der Waals surface area contributed by atoms with E-state index in [-0.39, 0.29) is 29.8 Å². The second kappa shape index (κ2) is 13.3. The number of aromatic amines is 1. The first-order valence-electron chi connectivity index (χ1n) is 17.8. The number of carbonyl (C=O) groups excluding carboxylic acids is 2. The van der Waals surface area contributed by atoms with E-state index < -0.39 is 35.5 Å². The lowest BCUT2D eigenvalue weighted by molar-refractivity contribution is -0.142. The number of rotatable bonds is 10. The first kappa shape index (κ1) is 34.8. The fourth-order valence-corrected chi connectivity index (χ4v) is 9.80. The molecule has 8 atom stereocenters. The van der Waals surface area contributed by atoms with Crippen LogP contribution < -0.4 is 10.6 Å². The quantitative estimate of drug-likeness (QED) is 0.175. The number of aromatic nitrogens is 1. The van der Waals surface area contributed by atoms with Gasteiger partial charge >= 0.3 is 5.97 Å². The number of carbonyl (C=O) groups is 3. The zero-order valence-electron chi connectivity index (χ0n) is 29.1. The molecule has 3 fully saturated rings. The Hall–Kier alpha value is -4.10. The van der Waals surface area contributed by atoms with Crippen LogP contribution in [0.5, 0.6) is 0 Å². The van der Waals surface area contributed by atoms with Crippen molar-refractivity contribution in [3.05, 3.63) is 47.7 Å². The summed E-state index contributed by atoms with van der Waals surface area (Å²) < 4.78 is 0. The average molecular weight is 671 g/mol. The van der Waals surface area contributed by atoms with Crippen molar-refractivity contribution in [1.29, 1.82) is 0 Å². The Morgan fingerprint density at radius 2 is 1.84 bits per heavy atom. The van der Waals surface area contributed by atoms with E-state index in [0.717, 1.165) is 67.1 Å². The zero-order chi connectivity index (χ0) is 35.1. The molecule has 5 N–H and O–H groups in total. The molecule has 2 amide bonds. The maximum atomic E-state index is 13.2. The number of carboxylic acid groups (broad SMARTS) is 1. The molecule has 49 heavy (non-hydrogen) atoms. The van der Waals surface area contributed by atoms with Gasteiger partial charge < -0.3 is 30.7 Å². The Labute approximate surface area is 288 Å². The Morgan fingerprint density at radius 1 is 1.08 bits per heavy atom. The first-order valence-corrected chi connectivity index (χ1v) is 17.8. The molecule has 10 nitrogen and oxygen atoms in total. The van der Waals surface area contributed by atoms with Crippen LogP contribution in [0.3, 0.4) is 0 Å². The summed E-state index contributed by atoms with van der Waals surface area (Å²) in [6.07, 6.45) is 17.3. The number of oxime groups is 1. The van der Waals surface area contributed by atoms with Crippen molar-refractivity contribution in [3.8, 4) is 12.3 Å². The highest BCUT2D eigenvalue weighted by molar-refractivity contribution is 5.96. The molecule has 4 aliphatic rings. The number of nitrogens with zero attached hydrogens (tertiary/aromatic N) is 1. The number of hydrogen-bond donors (Lipinski definition) is 5. The summed E-state index contributed by atoms with van der Waals surface area (Å²) in [5, 5.41) is 31.7. The van der Waals surface area contributed by atoms with Gasteiger partial charge in [0.05, 0.1) is 5.71 Å². The van der Waals surface area contributed by atoms with Gasteiger partial charge in [0, 0.05) is 28.9 Å². The van der Waals surface area contributed by atoms with E-state index in [2.05, 4.69) is 46.6 Å². The lowest BCUT2D eigenvalue weighted by atomic mass is 9.46. The van der Waals surface area contributed by atoms with Gasteiger partial charge in [-0.3, -0.25) is 9.59 Å². The Morgan fingerprint density at radius 3 is 2.57 bits per heavy atom. The number of terminal acetylenes is 1. The fourth-order valence-electron chi connectivity index (χ4n) is 9.80. The molecule has 2 aromatic rings. The fraction of sp³-hybridized carbons (Fsp3) is 0.590. The van der Waals surface area contributed by atoms with Crippen LogP contribution in [0.15, 0.2) is 47.3 Å². The van der Waals surface area contributed by atoms with Crippen molar-refractivity contribution in [1.82, 2.24) is 15.6 Å². The normalized spacial score (nSPS) is 32.6. The predicted octanol–water partition coefficient (Wildman–Crippen LogP) is 5.12. The predicted molar refractivity (Wildman–Crippen MR) is 187 cm³/mol. The zero-order valence-corrected chi connectivity index (χ0v) is 29.1. The third-order valence-electron chi connectivity index (χ3n) is 12.7. The minimum Gasteiger partial charge on any atom is -0.480 e. The highest BCUT2D eigenvalue weighted by Gasteiger charge is 2.63. The summed E-state index contributed by atoms with van der Waals surface area (Å²) >= 11 is 0. The highest BCUT2D eigenvalue weighted by Crippen LogP contribution is 2.67. The molecule has 0 bridgehead atoms. The number of allylic oxidation sites excluding steroid dienone is 2. The molecular formula is C39H50N4O6. The van der Waals surface area contributed by atoms with E-state index in [1.54, 1.807) is 20.0 Å². The molecular weight excluding hydrogens is 620 g/mol. The third kappa shape index (κ3) is 6.27. The maximum Gasteiger partial charge on any atom is 0.326 e. The van der Waals surface area contributed by atoms with Gasteiger partial charge in [-0.1, -0.05) is 62.5 Å². The molecule has 0 saturated heterocycles. The number of hydrogen-bond acceptors (Lipinski definition) is 6. The van der Waals surface area contributed by atoms with Gasteiger partial charge in [0.2, 0.25) is 5.91 Å². The van der Waals surface area contributed by atoms with Crippen molar-refractivity contribution in [2.75, 3.05) is 6.61 Å². The maximum absolute atomic E-state index is 13.2. The van der Waals surface area contributed by atoms with Crippen LogP contribution >= 0.6 is 0 Å². The van der Waals surface area contributed by atoms with Crippen molar-refractivity contribution < 1.29 is 29.4 Å². The number of aliphatic carboxylic acids is 1. The van der Waals surface area contributed by atoms with Crippen molar-refractivity contribution in [2.24, 2.45) is 39.7 Å². The molecule has 1 aromatic carbocycles. The van der Waals surface area contributed by atoms with Crippen molar-refractivity contribution in [2.45, 2.75) is 103 Å². The summed E-state index contributed by atoms with van der Waals surface area (Å²) in [6, 6.07) is 5.45. The highest BCUT2D eigenvalue weighted by atomic mass is 16.6. The Bertz CT molecular complexity index is 1720. The van der Waals surface area contributed by atoms with Crippen LogP contribution in [0.1, 0.15) is 84.6 Å². The number of carboxylic acids is 1. The largest absolute Gasteiger partial charge is 0.480 e. The van der Waals surface area contributed by atoms with E-state index in [1.165, 1.54) is 5.57 Å². The van der Waals surface area contributed by atoms with Crippen LogP contribution in [-0.4, -0.2) is 63.0 Å². The number of amides is 2. The number of benzene rings is 1. The van der Waals surface area contributed by atoms with Crippen molar-refractivity contribution >= 4 is 34.4 Å². The van der Waals surface area contributed by atoms with E-state index >= 15 is 0 Å². The van der Waals surface area contributed by atoms with Gasteiger partial charge in [-0.25, -0.2) is 4.79 Å². The van der Waals surface area contributed by atoms with Crippen LogP contribution in [0, 0.1) is 46.8 Å². The molecule has 10 heteroatoms. The monoisotopic (exact) mass is 670 g/mol. The van der Waals surface area contributed by atoms with E-state index in [0.29, 0.717) is 24.2 Å². The second-order valence-corrected chi connectivity index (χ2v) is 15.6. The van der Waals surface area contributed by atoms with E-state index in [1.807, 2.05) is 24.3 Å². The van der Waals surface area contributed by atoms with Gasteiger partial charge in [-0.15, -0.1) is 6.42 Å². The molecule has 262 valence electrons. The third-order valence-corrected chi connectivity index (χ3v) is 12.7. The van der Waals surface area contributed by atoms with E-state index in [9.17, 15) is 24.6 Å². The number of H-pyrrole nitrogens is 1. The van der Waals surface area contributed by atoms with Gasteiger partial charge in [0.25, 0.3) is 5.91 Å². The molecule has 4 aliphatic carbocycles. The molecule has 1 heterocycles. The molecule has 0 spiro atoms. The Balaban J connectivity index is 1.04. The molecule has 0 radical (unpaired) electrons. The SMILES string of the molecule is C#C[C@@]1(O)CC[C@@H]2[C@@H]3CCC4=C/C(=N/OCC(=O)N[C@H](C(=O)N[C@H](Cc5c[nH]c6ccccc56)C(=O)O)C(C)C)CC[C@]4(C)[C@H]3CC[C@@]21C. The van der Waals surface area contributed by atoms with Crippen LogP contribution in [0.4, 0.5) is 0 Å². The Kier molecular flexibility index (Phi) is 9.44. The summed E-state index contributed by atoms with van der Waals surface area (Å²) in [7, 11) is 0. The summed E-state index contributed by atoms with van der Waals surface area (Å²) in [4.78, 5) is 46.9. The minimum atomic E-state index is -1.17. The molecule has 1 aromatic heterocycles. The van der Waals surface area contributed by atoms with E-state index in [4.69, 9.17) is 11.3 Å². The number of aliphatic hydroxyl groups is 1. The summed E-state index contributed by atoms with van der Waals surface area (Å²) in [5.74, 6) is 1.76. The molecule has 6 rings (SSSR count). The molecule has 0 unspecified atom stereocenters. The lowest BCUT2D eigenvalue weighted by Gasteiger charge is -2.58. The number of para-hydroxylation sites is 1. The van der Waals surface area contributed by atoms with Crippen LogP contribution in [-0.2, 0) is 25.6 Å². The standard InChI is InChI=1S/C39H50N4O6/c1-6-39(48)18-15-30-28-12-11-25-20-26(13-16-37(25,4)29(28)14-17-38(30,39)5)43-49-22-33(44)42-34(23(2)3)35(45)41-32(36(46)47)19-24-21-40-31-10-8-7-9-27(24)31/h1,7-10,20-21,23,28-30,32,34,40,48H,11-19,22H2,2-5H3,(H,41,45)(H,42,44)(H,46,47)/b43-26+/t28-,29+,30-,32-,34+,37+,38+,39-/m1/s1. The summed E-state index contributed by atoms with van der Waals surface area (Å²) in [6.45, 7) is 7.81. The molecule has 0 aliphatic heterocycles. The minimum absolute atomic E-state index is 0.0668. The van der Waals surface area contributed by atoms with Gasteiger partial charge in [0.1, 0.15) is 17.7 Å².